The van der Waals surface area contributed by atoms with Crippen LogP contribution in [0.2, 0.25) is 0 Å². The molecule has 9 heavy (non-hydrogen) atoms. The van der Waals surface area contributed by atoms with Crippen LogP contribution < -0.4 is 11.5 Å². The van der Waals surface area contributed by atoms with Gasteiger partial charge in [0.1, 0.15) is 0 Å². The summed E-state index contributed by atoms with van der Waals surface area (Å²) in [6.07, 6.45) is 3.60. The molecule has 0 spiro atoms. The van der Waals surface area contributed by atoms with E-state index in [0.717, 1.165) is 5.62 Å². The van der Waals surface area contributed by atoms with Crippen molar-refractivity contribution >= 4 is 0 Å². The average Bonchev–Trinajstić information content (AvgIpc) is 2.12. The largest absolute Gasteiger partial charge is 0.337 e. The van der Waals surface area contributed by atoms with Gasteiger partial charge in [-0.05, 0) is 0 Å². The van der Waals surface area contributed by atoms with Crippen molar-refractivity contribution < 1.29 is 0 Å². The second-order valence-corrected chi connectivity index (χ2v) is 1.84. The summed E-state index contributed by atoms with van der Waals surface area (Å²) in [5, 5.41) is 0. The van der Waals surface area contributed by atoms with Crippen LogP contribution in [0.15, 0.2) is 17.4 Å². The number of imidazole rings is 1. The Labute approximate surface area is 53.2 Å². The van der Waals surface area contributed by atoms with Crippen LogP contribution in [0.25, 0.3) is 0 Å². The first kappa shape index (κ1) is 5.94. The number of nitrogens with zero attached hydrogens (tertiary/aromatic N) is 3. The van der Waals surface area contributed by atoms with Crippen molar-refractivity contribution in [2.24, 2.45) is 12.0 Å². The van der Waals surface area contributed by atoms with Crippen LogP contribution >= 0.6 is 0 Å². The van der Waals surface area contributed by atoms with Crippen molar-refractivity contribution in [3.8, 4) is 0 Å². The van der Waals surface area contributed by atoms with Gasteiger partial charge in [0.25, 0.3) is 0 Å². The number of hydrogen-bond acceptors (Lipinski definition) is 2. The van der Waals surface area contributed by atoms with Crippen LogP contribution in [0.3, 0.4) is 0 Å². The highest BCUT2D eigenvalue weighted by molar-refractivity contribution is 4.77. The highest BCUT2D eigenvalue weighted by atomic mass is 15.3. The van der Waals surface area contributed by atoms with Gasteiger partial charge in [-0.2, -0.15) is 0 Å². The predicted octanol–water partition coefficient (Wildman–Crippen LogP) is -0.929. The lowest BCUT2D eigenvalue weighted by molar-refractivity contribution is 0.766. The molecule has 2 N–H and O–H groups in total. The molecule has 0 bridgehead atoms. The van der Waals surface area contributed by atoms with E-state index in [1.54, 1.807) is 13.2 Å². The van der Waals surface area contributed by atoms with E-state index >= 15 is 0 Å². The molecule has 4 heteroatoms. The molecule has 4 nitrogen and oxygen atoms in total. The van der Waals surface area contributed by atoms with Gasteiger partial charge in [0, 0.05) is 26.5 Å². The molecule has 50 valence electrons. The van der Waals surface area contributed by atoms with Crippen LogP contribution in [0.1, 0.15) is 0 Å². The predicted molar refractivity (Wildman–Crippen MR) is 35.0 cm³/mol. The molecule has 0 saturated heterocycles. The first-order valence-corrected chi connectivity index (χ1v) is 2.67. The van der Waals surface area contributed by atoms with Gasteiger partial charge < -0.3 is 10.4 Å². The highest BCUT2D eigenvalue weighted by Crippen LogP contribution is 1.71. The molecule has 1 heterocycles. The van der Waals surface area contributed by atoms with E-state index in [-0.39, 0.29) is 0 Å². The summed E-state index contributed by atoms with van der Waals surface area (Å²) in [5.41, 5.74) is 0.759. The van der Waals surface area contributed by atoms with Crippen molar-refractivity contribution in [3.05, 3.63) is 18.0 Å². The van der Waals surface area contributed by atoms with E-state index in [0.29, 0.717) is 0 Å². The smallest absolute Gasteiger partial charge is 0.223 e. The fraction of sp³-hybridized carbons (Fsp3) is 0.400. The molecule has 0 radical (unpaired) electrons. The molecule has 0 saturated carbocycles. The summed E-state index contributed by atoms with van der Waals surface area (Å²) in [5.74, 6) is 5.45. The number of aryl methyl sites for hydroxylation is 1. The van der Waals surface area contributed by atoms with E-state index in [9.17, 15) is 0 Å². The van der Waals surface area contributed by atoms with Crippen molar-refractivity contribution in [1.82, 2.24) is 9.24 Å². The van der Waals surface area contributed by atoms with Crippen LogP contribution in [0, 0.1) is 0 Å². The third-order valence-electron chi connectivity index (χ3n) is 1.20. The van der Waals surface area contributed by atoms with Gasteiger partial charge in [-0.1, -0.05) is 0 Å². The number of nitrogens with two attached hydrogens (primary N) is 1. The molecular weight excluding hydrogens is 116 g/mol. The molecular formula is C5H10N4. The number of aromatic nitrogens is 2. The van der Waals surface area contributed by atoms with E-state index in [2.05, 4.69) is 4.99 Å². The Morgan fingerprint density at radius 1 is 1.56 bits per heavy atom. The number of hydrogen-bond donors (Lipinski definition) is 1. The summed E-state index contributed by atoms with van der Waals surface area (Å²) in [4.78, 5) is 3.93. The van der Waals surface area contributed by atoms with Crippen molar-refractivity contribution in [1.29, 1.82) is 0 Å². The maximum Gasteiger partial charge on any atom is 0.223 e. The summed E-state index contributed by atoms with van der Waals surface area (Å²) in [7, 11) is 3.60. The fourth-order valence-corrected chi connectivity index (χ4v) is 0.760. The zero-order valence-electron chi connectivity index (χ0n) is 5.57. The summed E-state index contributed by atoms with van der Waals surface area (Å²) >= 11 is 0. The van der Waals surface area contributed by atoms with Gasteiger partial charge in [-0.25, -0.2) is 4.68 Å². The lowest BCUT2D eigenvalue weighted by atomic mass is 10.9. The number of rotatable bonds is 0. The second kappa shape index (κ2) is 1.97. The van der Waals surface area contributed by atoms with Gasteiger partial charge in [0.2, 0.25) is 5.62 Å². The maximum absolute atomic E-state index is 5.45. The van der Waals surface area contributed by atoms with Gasteiger partial charge in [0.05, 0.1) is 0 Å². The summed E-state index contributed by atoms with van der Waals surface area (Å²) in [6.45, 7) is 0. The van der Waals surface area contributed by atoms with Gasteiger partial charge in [-0.15, -0.1) is 0 Å². The van der Waals surface area contributed by atoms with Gasteiger partial charge in [-0.3, -0.25) is 4.99 Å². The normalized spacial score (nSPS) is 12.4. The highest BCUT2D eigenvalue weighted by Gasteiger charge is 1.88. The van der Waals surface area contributed by atoms with E-state index in [1.165, 1.54) is 4.68 Å². The van der Waals surface area contributed by atoms with E-state index in [4.69, 9.17) is 5.84 Å². The van der Waals surface area contributed by atoms with Crippen molar-refractivity contribution in [3.63, 3.8) is 0 Å². The van der Waals surface area contributed by atoms with Gasteiger partial charge in [0.15, 0.2) is 0 Å². The SMILES string of the molecule is C/N=c1\n(C)ccn1N. The van der Waals surface area contributed by atoms with Crippen LogP contribution in [-0.2, 0) is 7.05 Å². The minimum Gasteiger partial charge on any atom is -0.337 e. The van der Waals surface area contributed by atoms with Crippen molar-refractivity contribution in [2.75, 3.05) is 12.9 Å². The molecule has 1 aromatic heterocycles. The van der Waals surface area contributed by atoms with Gasteiger partial charge >= 0.3 is 0 Å². The Balaban J connectivity index is 3.42. The Kier molecular flexibility index (Phi) is 1.30. The first-order chi connectivity index (χ1) is 4.25. The molecule has 0 aliphatic rings. The number of nitrogen functional groups attached to an aromatic ring is 1. The van der Waals surface area contributed by atoms with Crippen LogP contribution in [0.4, 0.5) is 0 Å². The molecule has 0 amide bonds. The quantitative estimate of drug-likeness (QED) is 0.449. The Bertz CT molecular complexity index is 232. The standard InChI is InChI=1S/C5H10N4/c1-7-5-8(2)3-4-9(5)6/h3-4H,6H2,1-2H3/b7-5+. The third-order valence-corrected chi connectivity index (χ3v) is 1.20. The lowest BCUT2D eigenvalue weighted by Crippen LogP contribution is -2.28. The molecule has 0 fully saturated rings. The Morgan fingerprint density at radius 2 is 2.22 bits per heavy atom. The monoisotopic (exact) mass is 126 g/mol. The van der Waals surface area contributed by atoms with Crippen LogP contribution in [-0.4, -0.2) is 16.3 Å². The van der Waals surface area contributed by atoms with Crippen molar-refractivity contribution in [2.45, 2.75) is 0 Å². The van der Waals surface area contributed by atoms with E-state index < -0.39 is 0 Å². The molecule has 0 unspecified atom stereocenters. The Hall–Kier alpha value is -1.19. The summed E-state index contributed by atoms with van der Waals surface area (Å²) in [6, 6.07) is 0. The lowest BCUT2D eigenvalue weighted by Gasteiger charge is -1.90. The first-order valence-electron chi connectivity index (χ1n) is 2.67. The van der Waals surface area contributed by atoms with Crippen LogP contribution in [0.5, 0.6) is 0 Å². The van der Waals surface area contributed by atoms with E-state index in [1.807, 2.05) is 17.8 Å². The fourth-order valence-electron chi connectivity index (χ4n) is 0.760. The average molecular weight is 126 g/mol. The minimum atomic E-state index is 0.759. The molecule has 0 aliphatic carbocycles. The molecule has 0 aromatic carbocycles. The molecule has 0 atom stereocenters. The molecule has 1 rings (SSSR count). The summed E-state index contributed by atoms with van der Waals surface area (Å²) < 4.78 is 3.32. The zero-order chi connectivity index (χ0) is 6.85. The minimum absolute atomic E-state index is 0.759. The topological polar surface area (TPSA) is 48.2 Å². The second-order valence-electron chi connectivity index (χ2n) is 1.84. The molecule has 0 aliphatic heterocycles. The Morgan fingerprint density at radius 3 is 2.44 bits per heavy atom. The molecule has 1 aromatic rings. The maximum atomic E-state index is 5.45. The zero-order valence-corrected chi connectivity index (χ0v) is 5.57. The third kappa shape index (κ3) is 0.826.